The molecule has 0 fully saturated rings. The molecule has 0 amide bonds. The highest BCUT2D eigenvalue weighted by molar-refractivity contribution is 5.88. The van der Waals surface area contributed by atoms with E-state index < -0.39 is 17.7 Å². The molecule has 7 heteroatoms. The SMILES string of the molecule is Cc1cc(C)c2c(C(C)n3c(=O)n(C(Cc4ccccc4)C(=O)O)c4cc(C#N)ccc43)c[nH]c2c1. The molecule has 2 N–H and O–H groups in total. The van der Waals surface area contributed by atoms with Crippen molar-refractivity contribution < 1.29 is 9.90 Å². The Labute approximate surface area is 207 Å². The molecule has 2 unspecified atom stereocenters. The van der Waals surface area contributed by atoms with Crippen LogP contribution in [0.4, 0.5) is 0 Å². The van der Waals surface area contributed by atoms with Gasteiger partial charge in [-0.1, -0.05) is 36.4 Å². The van der Waals surface area contributed by atoms with Gasteiger partial charge in [0.2, 0.25) is 0 Å². The number of hydrogen-bond donors (Lipinski definition) is 2. The van der Waals surface area contributed by atoms with Gasteiger partial charge in [-0.2, -0.15) is 5.26 Å². The lowest BCUT2D eigenvalue weighted by Gasteiger charge is -2.16. The van der Waals surface area contributed by atoms with Crippen LogP contribution in [-0.2, 0) is 11.2 Å². The quantitative estimate of drug-likeness (QED) is 0.348. The molecule has 0 bridgehead atoms. The number of nitrogens with zero attached hydrogens (tertiary/aromatic N) is 3. The summed E-state index contributed by atoms with van der Waals surface area (Å²) in [6, 6.07) is 19.0. The molecule has 5 aromatic rings. The summed E-state index contributed by atoms with van der Waals surface area (Å²) < 4.78 is 2.97. The molecule has 7 nitrogen and oxygen atoms in total. The Morgan fingerprint density at radius 2 is 1.81 bits per heavy atom. The maximum atomic E-state index is 14.0. The van der Waals surface area contributed by atoms with E-state index in [9.17, 15) is 20.0 Å². The van der Waals surface area contributed by atoms with Crippen LogP contribution in [0.1, 0.15) is 46.8 Å². The van der Waals surface area contributed by atoms with Gasteiger partial charge in [-0.15, -0.1) is 0 Å². The zero-order valence-corrected chi connectivity index (χ0v) is 20.3. The Morgan fingerprint density at radius 1 is 1.06 bits per heavy atom. The van der Waals surface area contributed by atoms with Gasteiger partial charge in [-0.25, -0.2) is 9.59 Å². The first-order chi connectivity index (χ1) is 17.3. The van der Waals surface area contributed by atoms with Crippen molar-refractivity contribution in [3.8, 4) is 6.07 Å². The van der Waals surface area contributed by atoms with Crippen molar-refractivity contribution in [2.45, 2.75) is 39.3 Å². The molecule has 0 aliphatic rings. The summed E-state index contributed by atoms with van der Waals surface area (Å²) in [7, 11) is 0. The zero-order valence-electron chi connectivity index (χ0n) is 20.3. The smallest absolute Gasteiger partial charge is 0.330 e. The fraction of sp³-hybridized carbons (Fsp3) is 0.207. The summed E-state index contributed by atoms with van der Waals surface area (Å²) in [6.45, 7) is 6.03. The number of imidazole rings is 1. The molecule has 0 aliphatic heterocycles. The van der Waals surface area contributed by atoms with E-state index in [4.69, 9.17) is 0 Å². The standard InChI is InChI=1S/C29H26N4O3/c1-17-11-18(2)27-22(16-31-23(27)12-17)19(3)32-24-10-9-21(15-30)14-25(24)33(29(32)36)26(28(34)35)13-20-7-5-4-6-8-20/h4-12,14,16,19,26,31H,13H2,1-3H3,(H,34,35). The Kier molecular flexibility index (Phi) is 5.73. The molecule has 2 heterocycles. The number of benzene rings is 3. The number of nitrogens with one attached hydrogen (secondary N) is 1. The lowest BCUT2D eigenvalue weighted by molar-refractivity contribution is -0.140. The minimum Gasteiger partial charge on any atom is -0.480 e. The van der Waals surface area contributed by atoms with Crippen LogP contribution in [0.2, 0.25) is 0 Å². The van der Waals surface area contributed by atoms with E-state index in [0.29, 0.717) is 16.6 Å². The normalized spacial score (nSPS) is 13.1. The van der Waals surface area contributed by atoms with Gasteiger partial charge in [0.15, 0.2) is 0 Å². The molecule has 3 aromatic carbocycles. The summed E-state index contributed by atoms with van der Waals surface area (Å²) in [4.78, 5) is 29.8. The molecule has 2 aromatic heterocycles. The zero-order chi connectivity index (χ0) is 25.6. The predicted molar refractivity (Wildman–Crippen MR) is 139 cm³/mol. The molecule has 0 saturated carbocycles. The first kappa shape index (κ1) is 23.2. The number of carboxylic acids is 1. The first-order valence-corrected chi connectivity index (χ1v) is 11.8. The topological polar surface area (TPSA) is 104 Å². The number of nitriles is 1. The molecule has 5 rings (SSSR count). The van der Waals surface area contributed by atoms with Gasteiger partial charge in [0.25, 0.3) is 0 Å². The molecular formula is C29H26N4O3. The molecule has 0 aliphatic carbocycles. The van der Waals surface area contributed by atoms with E-state index >= 15 is 0 Å². The van der Waals surface area contributed by atoms with E-state index in [1.54, 1.807) is 22.8 Å². The minimum absolute atomic E-state index is 0.145. The third-order valence-corrected chi connectivity index (χ3v) is 6.89. The molecular weight excluding hydrogens is 452 g/mol. The predicted octanol–water partition coefficient (Wildman–Crippen LogP) is 5.25. The Balaban J connectivity index is 1.75. The first-order valence-electron chi connectivity index (χ1n) is 11.8. The highest BCUT2D eigenvalue weighted by Crippen LogP contribution is 2.32. The van der Waals surface area contributed by atoms with Crippen molar-refractivity contribution in [3.63, 3.8) is 0 Å². The Bertz CT molecular complexity index is 1720. The highest BCUT2D eigenvalue weighted by Gasteiger charge is 2.29. The van der Waals surface area contributed by atoms with Gasteiger partial charge in [-0.05, 0) is 61.7 Å². The van der Waals surface area contributed by atoms with Crippen LogP contribution in [0, 0.1) is 25.2 Å². The van der Waals surface area contributed by atoms with Gasteiger partial charge in [0.1, 0.15) is 6.04 Å². The van der Waals surface area contributed by atoms with Crippen LogP contribution in [0.15, 0.2) is 71.7 Å². The van der Waals surface area contributed by atoms with E-state index in [1.165, 1.54) is 4.57 Å². The van der Waals surface area contributed by atoms with E-state index in [2.05, 4.69) is 23.2 Å². The number of aryl methyl sites for hydroxylation is 2. The number of H-pyrrole nitrogens is 1. The number of hydrogen-bond acceptors (Lipinski definition) is 3. The monoisotopic (exact) mass is 478 g/mol. The fourth-order valence-electron chi connectivity index (χ4n) is 5.27. The van der Waals surface area contributed by atoms with Gasteiger partial charge < -0.3 is 10.1 Å². The second-order valence-corrected chi connectivity index (χ2v) is 9.31. The number of rotatable bonds is 6. The van der Waals surface area contributed by atoms with E-state index in [0.717, 1.165) is 33.2 Å². The van der Waals surface area contributed by atoms with Crippen molar-refractivity contribution in [2.75, 3.05) is 0 Å². The maximum Gasteiger partial charge on any atom is 0.330 e. The van der Waals surface area contributed by atoms with Crippen molar-refractivity contribution in [1.29, 1.82) is 5.26 Å². The number of aromatic nitrogens is 3. The second kappa shape index (κ2) is 8.90. The van der Waals surface area contributed by atoms with Gasteiger partial charge in [0.05, 0.1) is 28.7 Å². The molecule has 0 radical (unpaired) electrons. The molecule has 0 spiro atoms. The third-order valence-electron chi connectivity index (χ3n) is 6.89. The number of carbonyl (C=O) groups is 1. The lowest BCUT2D eigenvalue weighted by Crippen LogP contribution is -2.33. The second-order valence-electron chi connectivity index (χ2n) is 9.31. The summed E-state index contributed by atoms with van der Waals surface area (Å²) in [6.07, 6.45) is 2.06. The van der Waals surface area contributed by atoms with E-state index in [1.807, 2.05) is 57.3 Å². The van der Waals surface area contributed by atoms with Crippen molar-refractivity contribution in [3.05, 3.63) is 105 Å². The summed E-state index contributed by atoms with van der Waals surface area (Å²) in [5.74, 6) is -1.10. The van der Waals surface area contributed by atoms with Crippen LogP contribution in [0.5, 0.6) is 0 Å². The van der Waals surface area contributed by atoms with Crippen LogP contribution < -0.4 is 5.69 Å². The van der Waals surface area contributed by atoms with Gasteiger partial charge in [0, 0.05) is 29.1 Å². The Hall–Kier alpha value is -4.57. The highest BCUT2D eigenvalue weighted by atomic mass is 16.4. The third kappa shape index (κ3) is 3.77. The summed E-state index contributed by atoms with van der Waals surface area (Å²) in [5, 5.41) is 20.8. The number of aliphatic carboxylic acids is 1. The summed E-state index contributed by atoms with van der Waals surface area (Å²) in [5.41, 5.74) is 5.95. The number of aromatic amines is 1. The van der Waals surface area contributed by atoms with Crippen LogP contribution in [0.3, 0.4) is 0 Å². The van der Waals surface area contributed by atoms with Crippen LogP contribution in [-0.4, -0.2) is 25.2 Å². The Morgan fingerprint density at radius 3 is 2.50 bits per heavy atom. The minimum atomic E-state index is -1.13. The largest absolute Gasteiger partial charge is 0.480 e. The van der Waals surface area contributed by atoms with Crippen LogP contribution >= 0.6 is 0 Å². The van der Waals surface area contributed by atoms with Crippen LogP contribution in [0.25, 0.3) is 21.9 Å². The fourth-order valence-corrected chi connectivity index (χ4v) is 5.27. The molecule has 2 atom stereocenters. The maximum absolute atomic E-state index is 14.0. The van der Waals surface area contributed by atoms with E-state index in [-0.39, 0.29) is 12.5 Å². The summed E-state index contributed by atoms with van der Waals surface area (Å²) >= 11 is 0. The van der Waals surface area contributed by atoms with Crippen molar-refractivity contribution >= 4 is 27.9 Å². The average molecular weight is 479 g/mol. The molecule has 0 saturated heterocycles. The number of fused-ring (bicyclic) bond motifs is 2. The van der Waals surface area contributed by atoms with Crippen molar-refractivity contribution in [1.82, 2.24) is 14.1 Å². The molecule has 180 valence electrons. The average Bonchev–Trinajstić information content (AvgIpc) is 3.40. The number of carboxylic acid groups (broad SMARTS) is 1. The van der Waals surface area contributed by atoms with Gasteiger partial charge >= 0.3 is 11.7 Å². The van der Waals surface area contributed by atoms with Gasteiger partial charge in [-0.3, -0.25) is 9.13 Å². The molecule has 36 heavy (non-hydrogen) atoms. The van der Waals surface area contributed by atoms with Crippen molar-refractivity contribution in [2.24, 2.45) is 0 Å². The lowest BCUT2D eigenvalue weighted by atomic mass is 10.0.